The summed E-state index contributed by atoms with van der Waals surface area (Å²) >= 11 is 12.7. The second kappa shape index (κ2) is 11.9. The number of para-hydroxylation sites is 2. The molecule has 1 saturated heterocycles. The number of hydrogen-bond donors (Lipinski definition) is 3. The second-order valence-corrected chi connectivity index (χ2v) is 9.05. The minimum Gasteiger partial charge on any atom is -0.495 e. The fraction of sp³-hybridized carbons (Fsp3) is 0.111. The van der Waals surface area contributed by atoms with Crippen molar-refractivity contribution in [2.45, 2.75) is 6.61 Å². The summed E-state index contributed by atoms with van der Waals surface area (Å²) in [5.41, 5.74) is 1.59. The highest BCUT2D eigenvalue weighted by molar-refractivity contribution is 6.37. The molecule has 3 N–H and O–H groups in total. The number of anilines is 1. The van der Waals surface area contributed by atoms with Crippen molar-refractivity contribution < 1.29 is 33.8 Å². The minimum absolute atomic E-state index is 0.0654. The van der Waals surface area contributed by atoms with Gasteiger partial charge in [0.1, 0.15) is 24.6 Å². The molecule has 1 heterocycles. The first kappa shape index (κ1) is 27.5. The highest BCUT2D eigenvalue weighted by atomic mass is 35.5. The van der Waals surface area contributed by atoms with Gasteiger partial charge in [-0.15, -0.1) is 0 Å². The van der Waals surface area contributed by atoms with E-state index < -0.39 is 30.4 Å². The monoisotopic (exact) mass is 569 g/mol. The largest absolute Gasteiger partial charge is 0.495 e. The third-order valence-electron chi connectivity index (χ3n) is 5.56. The van der Waals surface area contributed by atoms with E-state index in [-0.39, 0.29) is 33.7 Å². The number of carboxylic acid groups (broad SMARTS) is 1. The number of benzene rings is 3. The van der Waals surface area contributed by atoms with Crippen molar-refractivity contribution in [1.29, 1.82) is 0 Å². The molecule has 4 rings (SSSR count). The Morgan fingerprint density at radius 1 is 1.05 bits per heavy atom. The summed E-state index contributed by atoms with van der Waals surface area (Å²) in [5.74, 6) is -1.70. The first-order chi connectivity index (χ1) is 18.7. The van der Waals surface area contributed by atoms with Crippen LogP contribution in [0, 0.1) is 0 Å². The van der Waals surface area contributed by atoms with Gasteiger partial charge in [0.15, 0.2) is 5.75 Å². The normalized spacial score (nSPS) is 13.8. The van der Waals surface area contributed by atoms with Crippen LogP contribution in [0.3, 0.4) is 0 Å². The van der Waals surface area contributed by atoms with Crippen molar-refractivity contribution in [3.8, 4) is 11.5 Å². The van der Waals surface area contributed by atoms with Crippen LogP contribution in [-0.2, 0) is 16.2 Å². The lowest BCUT2D eigenvalue weighted by atomic mass is 10.1. The molecule has 4 amide bonds. The van der Waals surface area contributed by atoms with Crippen molar-refractivity contribution in [2.75, 3.05) is 19.0 Å². The lowest BCUT2D eigenvalue weighted by molar-refractivity contribution is -0.127. The van der Waals surface area contributed by atoms with E-state index in [4.69, 9.17) is 37.8 Å². The molecule has 12 heteroatoms. The molecule has 0 unspecified atom stereocenters. The van der Waals surface area contributed by atoms with E-state index in [1.54, 1.807) is 36.4 Å². The fourth-order valence-electron chi connectivity index (χ4n) is 3.66. The van der Waals surface area contributed by atoms with Crippen LogP contribution < -0.4 is 20.1 Å². The first-order valence-corrected chi connectivity index (χ1v) is 12.1. The Kier molecular flexibility index (Phi) is 8.38. The quantitative estimate of drug-likeness (QED) is 0.248. The number of carbonyl (C=O) groups excluding carboxylic acids is 3. The highest BCUT2D eigenvalue weighted by Crippen LogP contribution is 2.35. The number of aromatic carboxylic acids is 1. The summed E-state index contributed by atoms with van der Waals surface area (Å²) in [7, 11) is 1.46. The van der Waals surface area contributed by atoms with Crippen LogP contribution in [0.2, 0.25) is 10.0 Å². The summed E-state index contributed by atoms with van der Waals surface area (Å²) in [4.78, 5) is 49.5. The molecule has 1 aliphatic rings. The maximum Gasteiger partial charge on any atom is 0.335 e. The van der Waals surface area contributed by atoms with Gasteiger partial charge in [-0.25, -0.2) is 14.5 Å². The van der Waals surface area contributed by atoms with Gasteiger partial charge in [0.05, 0.1) is 28.4 Å². The molecule has 0 saturated carbocycles. The van der Waals surface area contributed by atoms with Crippen molar-refractivity contribution in [3.05, 3.63) is 93.1 Å². The number of carbonyl (C=O) groups is 4. The van der Waals surface area contributed by atoms with Crippen LogP contribution in [0.5, 0.6) is 11.5 Å². The van der Waals surface area contributed by atoms with E-state index in [2.05, 4.69) is 10.6 Å². The Balaban J connectivity index is 1.43. The van der Waals surface area contributed by atoms with Gasteiger partial charge in [-0.05, 0) is 53.6 Å². The molecule has 1 fully saturated rings. The van der Waals surface area contributed by atoms with Gasteiger partial charge in [-0.1, -0.05) is 47.5 Å². The minimum atomic E-state index is -1.03. The highest BCUT2D eigenvalue weighted by Gasteiger charge is 2.35. The molecule has 10 nitrogen and oxygen atoms in total. The molecule has 3 aromatic carbocycles. The number of imide groups is 1. The number of ether oxygens (including phenoxy) is 2. The van der Waals surface area contributed by atoms with E-state index >= 15 is 0 Å². The van der Waals surface area contributed by atoms with E-state index in [0.717, 1.165) is 4.90 Å². The standard InChI is InChI=1S/C27H21Cl2N3O7/c1-38-22-5-3-2-4-20(22)30-23(33)13-32-25(34)21(31-27(32)37)12-16-10-18(28)24(19(29)11-16)39-14-15-6-8-17(9-7-15)26(35)36/h2-12H,13-14H2,1H3,(H,30,33)(H,31,37)(H,35,36)/b21-12+. The molecule has 39 heavy (non-hydrogen) atoms. The summed E-state index contributed by atoms with van der Waals surface area (Å²) in [5, 5.41) is 14.4. The lowest BCUT2D eigenvalue weighted by Crippen LogP contribution is -2.38. The average Bonchev–Trinajstić information content (AvgIpc) is 3.15. The van der Waals surface area contributed by atoms with Crippen LogP contribution in [0.4, 0.5) is 10.5 Å². The summed E-state index contributed by atoms with van der Waals surface area (Å²) in [6.07, 6.45) is 1.38. The average molecular weight is 570 g/mol. The van der Waals surface area contributed by atoms with Crippen molar-refractivity contribution in [3.63, 3.8) is 0 Å². The van der Waals surface area contributed by atoms with E-state index in [1.165, 1.54) is 37.5 Å². The van der Waals surface area contributed by atoms with Crippen LogP contribution in [0.15, 0.2) is 66.4 Å². The zero-order valence-electron chi connectivity index (χ0n) is 20.4. The summed E-state index contributed by atoms with van der Waals surface area (Å²) in [6, 6.07) is 15.1. The second-order valence-electron chi connectivity index (χ2n) is 8.23. The molecule has 0 bridgehead atoms. The third-order valence-corrected chi connectivity index (χ3v) is 6.12. The van der Waals surface area contributed by atoms with Gasteiger partial charge in [0.25, 0.3) is 5.91 Å². The molecule has 200 valence electrons. The third kappa shape index (κ3) is 6.49. The van der Waals surface area contributed by atoms with Gasteiger partial charge >= 0.3 is 12.0 Å². The Morgan fingerprint density at radius 2 is 1.72 bits per heavy atom. The molecular formula is C27H21Cl2N3O7. The Bertz CT molecular complexity index is 1470. The van der Waals surface area contributed by atoms with Gasteiger partial charge in [-0.3, -0.25) is 9.59 Å². The molecule has 0 atom stereocenters. The van der Waals surface area contributed by atoms with Crippen LogP contribution in [0.25, 0.3) is 6.08 Å². The number of carboxylic acids is 1. The van der Waals surface area contributed by atoms with E-state index in [0.29, 0.717) is 22.6 Å². The van der Waals surface area contributed by atoms with Gasteiger partial charge in [-0.2, -0.15) is 0 Å². The van der Waals surface area contributed by atoms with Gasteiger partial charge in [0.2, 0.25) is 5.91 Å². The SMILES string of the molecule is COc1ccccc1NC(=O)CN1C(=O)N/C(=C/c2cc(Cl)c(OCc3ccc(C(=O)O)cc3)c(Cl)c2)C1=O. The zero-order chi connectivity index (χ0) is 28.1. The molecular weight excluding hydrogens is 549 g/mol. The predicted molar refractivity (Wildman–Crippen MR) is 144 cm³/mol. The van der Waals surface area contributed by atoms with Gasteiger partial charge in [0, 0.05) is 0 Å². The van der Waals surface area contributed by atoms with Crippen molar-refractivity contribution in [1.82, 2.24) is 10.2 Å². The number of urea groups is 1. The maximum atomic E-state index is 12.8. The Hall–Kier alpha value is -4.54. The van der Waals surface area contributed by atoms with Crippen LogP contribution >= 0.6 is 23.2 Å². The number of amides is 4. The molecule has 0 spiro atoms. The van der Waals surface area contributed by atoms with E-state index in [1.807, 2.05) is 0 Å². The molecule has 0 radical (unpaired) electrons. The number of halogens is 2. The number of nitrogens with zero attached hydrogens (tertiary/aromatic N) is 1. The molecule has 0 aliphatic carbocycles. The number of nitrogens with one attached hydrogen (secondary N) is 2. The predicted octanol–water partition coefficient (Wildman–Crippen LogP) is 4.81. The Labute approximate surface area is 232 Å². The summed E-state index contributed by atoms with van der Waals surface area (Å²) < 4.78 is 10.9. The van der Waals surface area contributed by atoms with Crippen molar-refractivity contribution >= 4 is 58.8 Å². The Morgan fingerprint density at radius 3 is 2.36 bits per heavy atom. The topological polar surface area (TPSA) is 134 Å². The molecule has 1 aliphatic heterocycles. The first-order valence-electron chi connectivity index (χ1n) is 11.4. The lowest BCUT2D eigenvalue weighted by Gasteiger charge is -2.13. The fourth-order valence-corrected chi connectivity index (χ4v) is 4.28. The summed E-state index contributed by atoms with van der Waals surface area (Å²) in [6.45, 7) is -0.429. The molecule has 3 aromatic rings. The number of hydrogen-bond acceptors (Lipinski definition) is 6. The van der Waals surface area contributed by atoms with E-state index in [9.17, 15) is 19.2 Å². The van der Waals surface area contributed by atoms with Crippen LogP contribution in [0.1, 0.15) is 21.5 Å². The number of methoxy groups -OCH3 is 1. The smallest absolute Gasteiger partial charge is 0.335 e. The molecule has 0 aromatic heterocycles. The van der Waals surface area contributed by atoms with Crippen molar-refractivity contribution in [2.24, 2.45) is 0 Å². The zero-order valence-corrected chi connectivity index (χ0v) is 21.9. The maximum absolute atomic E-state index is 12.8. The van der Waals surface area contributed by atoms with Crippen LogP contribution in [-0.4, -0.2) is 47.5 Å². The van der Waals surface area contributed by atoms with Gasteiger partial charge < -0.3 is 25.2 Å². The number of rotatable bonds is 9.